The van der Waals surface area contributed by atoms with Crippen LogP contribution in [0.5, 0.6) is 0 Å². The highest BCUT2D eigenvalue weighted by atomic mass is 35.5. The number of hydrogen-bond donors (Lipinski definition) is 0. The summed E-state index contributed by atoms with van der Waals surface area (Å²) in [5.41, 5.74) is -0.0891. The van der Waals surface area contributed by atoms with Crippen LogP contribution in [0.25, 0.3) is 0 Å². The molecule has 0 bridgehead atoms. The lowest BCUT2D eigenvalue weighted by molar-refractivity contribution is 0.0654. The molecule has 0 radical (unpaired) electrons. The van der Waals surface area contributed by atoms with Crippen molar-refractivity contribution < 1.29 is 14.0 Å². The van der Waals surface area contributed by atoms with Crippen molar-refractivity contribution in [2.75, 3.05) is 6.54 Å². The van der Waals surface area contributed by atoms with Gasteiger partial charge in [0.2, 0.25) is 8.32 Å². The van der Waals surface area contributed by atoms with Crippen molar-refractivity contribution in [3.63, 3.8) is 0 Å². The van der Waals surface area contributed by atoms with Crippen LogP contribution in [-0.2, 0) is 4.43 Å². The van der Waals surface area contributed by atoms with Gasteiger partial charge in [-0.05, 0) is 19.6 Å². The van der Waals surface area contributed by atoms with Crippen molar-refractivity contribution >= 4 is 66.5 Å². The summed E-state index contributed by atoms with van der Waals surface area (Å²) in [5.74, 6) is -0.880. The largest absolute Gasteiger partial charge is 0.546 e. The Hall–Kier alpha value is -0.723. The molecule has 9 heteroatoms. The van der Waals surface area contributed by atoms with E-state index in [-0.39, 0.29) is 37.8 Å². The van der Waals surface area contributed by atoms with E-state index in [0.717, 1.165) is 4.90 Å². The Morgan fingerprint density at radius 2 is 1.35 bits per heavy atom. The zero-order valence-corrected chi connectivity index (χ0v) is 16.6. The number of hydrogen-bond acceptors (Lipinski definition) is 3. The first-order valence-electron chi connectivity index (χ1n) is 6.54. The fraction of sp³-hybridized carbons (Fsp3) is 0.286. The molecular weight excluding hydrogens is 400 g/mol. The molecule has 0 spiro atoms. The number of halogens is 4. The molecule has 0 saturated heterocycles. The lowest BCUT2D eigenvalue weighted by atomic mass is 10.1. The Kier molecular flexibility index (Phi) is 5.09. The van der Waals surface area contributed by atoms with E-state index in [1.807, 2.05) is 19.6 Å². The fourth-order valence-electron chi connectivity index (χ4n) is 2.18. The molecule has 0 aliphatic carbocycles. The summed E-state index contributed by atoms with van der Waals surface area (Å²) in [5, 5.41) is -0.295. The van der Waals surface area contributed by atoms with Gasteiger partial charge in [-0.25, -0.2) is 0 Å². The third-order valence-electron chi connectivity index (χ3n) is 2.97. The number of imide groups is 1. The Labute approximate surface area is 155 Å². The van der Waals surface area contributed by atoms with Crippen molar-refractivity contribution in [2.45, 2.75) is 19.6 Å². The van der Waals surface area contributed by atoms with Crippen LogP contribution < -0.4 is 0 Å². The second kappa shape index (κ2) is 6.30. The van der Waals surface area contributed by atoms with E-state index in [1.165, 1.54) is 0 Å². The van der Waals surface area contributed by atoms with Crippen LogP contribution in [0, 0.1) is 0 Å². The zero-order valence-electron chi connectivity index (χ0n) is 12.6. The molecule has 1 heterocycles. The van der Waals surface area contributed by atoms with Gasteiger partial charge in [-0.2, -0.15) is 0 Å². The lowest BCUT2D eigenvalue weighted by Crippen LogP contribution is -2.35. The predicted octanol–water partition coefficient (Wildman–Crippen LogP) is 5.26. The smallest absolute Gasteiger partial charge is 0.263 e. The third-order valence-corrected chi connectivity index (χ3v) is 5.67. The van der Waals surface area contributed by atoms with Crippen LogP contribution >= 0.6 is 46.4 Å². The number of benzene rings is 1. The minimum Gasteiger partial charge on any atom is -0.546 e. The molecule has 4 nitrogen and oxygen atoms in total. The molecular formula is C14H13Cl4NO3Si. The Balaban J connectivity index is 2.41. The first-order chi connectivity index (χ1) is 10.5. The van der Waals surface area contributed by atoms with Gasteiger partial charge in [-0.15, -0.1) is 0 Å². The molecule has 2 rings (SSSR count). The highest BCUT2D eigenvalue weighted by molar-refractivity contribution is 6.70. The maximum Gasteiger partial charge on any atom is 0.263 e. The van der Waals surface area contributed by atoms with Gasteiger partial charge < -0.3 is 4.43 Å². The summed E-state index contributed by atoms with van der Waals surface area (Å²) >= 11 is 24.0. The van der Waals surface area contributed by atoms with E-state index < -0.39 is 20.1 Å². The van der Waals surface area contributed by atoms with Crippen LogP contribution in [0.3, 0.4) is 0 Å². The molecule has 0 aromatic heterocycles. The van der Waals surface area contributed by atoms with Crippen LogP contribution in [0.1, 0.15) is 20.7 Å². The molecule has 1 aliphatic heterocycles. The SMILES string of the molecule is C=C(CN1C(=O)c2c(Cl)c(Cl)c(Cl)c(Cl)c2C1=O)O[Si](C)(C)C. The van der Waals surface area contributed by atoms with E-state index in [9.17, 15) is 9.59 Å². The number of rotatable bonds is 4. The van der Waals surface area contributed by atoms with Gasteiger partial charge in [0.05, 0.1) is 43.5 Å². The van der Waals surface area contributed by atoms with Crippen LogP contribution in [0.4, 0.5) is 0 Å². The Morgan fingerprint density at radius 3 is 1.70 bits per heavy atom. The van der Waals surface area contributed by atoms with Gasteiger partial charge in [-0.3, -0.25) is 14.5 Å². The molecule has 0 saturated carbocycles. The maximum atomic E-state index is 12.5. The van der Waals surface area contributed by atoms with Crippen LogP contribution in [-0.4, -0.2) is 31.6 Å². The summed E-state index contributed by atoms with van der Waals surface area (Å²) in [6.07, 6.45) is 0. The number of amides is 2. The monoisotopic (exact) mass is 411 g/mol. The van der Waals surface area contributed by atoms with Crippen LogP contribution in [0.2, 0.25) is 39.7 Å². The van der Waals surface area contributed by atoms with Crippen molar-refractivity contribution in [1.82, 2.24) is 4.90 Å². The van der Waals surface area contributed by atoms with E-state index in [0.29, 0.717) is 5.76 Å². The minimum atomic E-state index is -1.90. The summed E-state index contributed by atoms with van der Waals surface area (Å²) < 4.78 is 5.68. The predicted molar refractivity (Wildman–Crippen MR) is 95.4 cm³/mol. The molecule has 124 valence electrons. The molecule has 1 aliphatic rings. The standard InChI is InChI=1S/C14H13Cl4NO3Si/c1-6(22-23(2,3)4)5-19-13(20)7-8(14(19)21)10(16)12(18)11(17)9(7)15/h1,5H2,2-4H3. The van der Waals surface area contributed by atoms with Crippen molar-refractivity contribution in [1.29, 1.82) is 0 Å². The van der Waals surface area contributed by atoms with Gasteiger partial charge in [0, 0.05) is 0 Å². The maximum absolute atomic E-state index is 12.5. The van der Waals surface area contributed by atoms with Crippen molar-refractivity contribution in [3.05, 3.63) is 43.6 Å². The minimum absolute atomic E-state index is 0.0446. The molecule has 0 unspecified atom stereocenters. The third kappa shape index (κ3) is 3.39. The van der Waals surface area contributed by atoms with E-state index in [1.54, 1.807) is 0 Å². The van der Waals surface area contributed by atoms with Gasteiger partial charge in [0.25, 0.3) is 11.8 Å². The molecule has 0 N–H and O–H groups in total. The van der Waals surface area contributed by atoms with E-state index in [2.05, 4.69) is 6.58 Å². The first-order valence-corrected chi connectivity index (χ1v) is 11.5. The topological polar surface area (TPSA) is 46.6 Å². The van der Waals surface area contributed by atoms with Crippen molar-refractivity contribution in [3.8, 4) is 0 Å². The Morgan fingerprint density at radius 1 is 0.957 bits per heavy atom. The summed E-state index contributed by atoms with van der Waals surface area (Å²) in [4.78, 5) is 26.0. The highest BCUT2D eigenvalue weighted by Gasteiger charge is 2.42. The van der Waals surface area contributed by atoms with E-state index in [4.69, 9.17) is 50.8 Å². The lowest BCUT2D eigenvalue weighted by Gasteiger charge is -2.23. The molecule has 2 amide bonds. The first kappa shape index (κ1) is 18.6. The second-order valence-electron chi connectivity index (χ2n) is 5.96. The van der Waals surface area contributed by atoms with Gasteiger partial charge in [0.15, 0.2) is 0 Å². The van der Waals surface area contributed by atoms with Gasteiger partial charge in [0.1, 0.15) is 0 Å². The summed E-state index contributed by atoms with van der Waals surface area (Å²) in [6.45, 7) is 9.58. The normalized spacial score (nSPS) is 14.3. The number of nitrogens with zero attached hydrogens (tertiary/aromatic N) is 1. The highest BCUT2D eigenvalue weighted by Crippen LogP contribution is 2.44. The fourth-order valence-corrected chi connectivity index (χ4v) is 4.13. The van der Waals surface area contributed by atoms with E-state index >= 15 is 0 Å². The summed E-state index contributed by atoms with van der Waals surface area (Å²) in [6, 6.07) is 0. The number of fused-ring (bicyclic) bond motifs is 1. The molecule has 0 fully saturated rings. The molecule has 23 heavy (non-hydrogen) atoms. The van der Waals surface area contributed by atoms with Crippen molar-refractivity contribution in [2.24, 2.45) is 0 Å². The van der Waals surface area contributed by atoms with Crippen LogP contribution in [0.15, 0.2) is 12.3 Å². The average Bonchev–Trinajstić information content (AvgIpc) is 2.65. The Bertz CT molecular complexity index is 696. The molecule has 1 aromatic carbocycles. The second-order valence-corrected chi connectivity index (χ2v) is 11.9. The molecule has 1 aromatic rings. The summed E-state index contributed by atoms with van der Waals surface area (Å²) in [7, 11) is -1.90. The average molecular weight is 413 g/mol. The zero-order chi connectivity index (χ0) is 17.7. The van der Waals surface area contributed by atoms with Gasteiger partial charge in [-0.1, -0.05) is 53.0 Å². The quantitative estimate of drug-likeness (QED) is 0.222. The number of carbonyl (C=O) groups excluding carboxylic acids is 2. The number of carbonyl (C=O) groups is 2. The molecule has 0 atom stereocenters. The van der Waals surface area contributed by atoms with Gasteiger partial charge >= 0.3 is 0 Å².